The number of aromatic nitrogens is 2. The van der Waals surface area contributed by atoms with Gasteiger partial charge in [-0.1, -0.05) is 6.07 Å². The van der Waals surface area contributed by atoms with E-state index in [9.17, 15) is 4.79 Å². The third-order valence-corrected chi connectivity index (χ3v) is 5.26. The predicted molar refractivity (Wildman–Crippen MR) is 89.3 cm³/mol. The Balaban J connectivity index is 1.56. The van der Waals surface area contributed by atoms with E-state index in [1.165, 1.54) is 11.3 Å². The molecule has 2 fully saturated rings. The topological polar surface area (TPSA) is 64.6 Å². The van der Waals surface area contributed by atoms with E-state index in [1.807, 2.05) is 35.4 Å². The van der Waals surface area contributed by atoms with E-state index in [0.717, 1.165) is 17.8 Å². The van der Waals surface area contributed by atoms with Gasteiger partial charge in [-0.15, -0.1) is 11.3 Å². The van der Waals surface area contributed by atoms with Crippen LogP contribution in [0.3, 0.4) is 0 Å². The monoisotopic (exact) mass is 345 g/mol. The van der Waals surface area contributed by atoms with Gasteiger partial charge in [0.05, 0.1) is 17.6 Å². The first-order valence-corrected chi connectivity index (χ1v) is 9.03. The summed E-state index contributed by atoms with van der Waals surface area (Å²) >= 11 is 1.49. The van der Waals surface area contributed by atoms with E-state index in [1.54, 1.807) is 6.20 Å². The van der Waals surface area contributed by atoms with Crippen LogP contribution in [0.1, 0.15) is 28.3 Å². The summed E-state index contributed by atoms with van der Waals surface area (Å²) in [6.07, 6.45) is 3.28. The number of carbonyl (C=O) groups is 1. The van der Waals surface area contributed by atoms with Crippen LogP contribution < -0.4 is 4.74 Å². The van der Waals surface area contributed by atoms with Crippen molar-refractivity contribution in [2.45, 2.75) is 38.0 Å². The first kappa shape index (κ1) is 15.5. The number of thiazole rings is 1. The number of aryl methyl sites for hydroxylation is 1. The Morgan fingerprint density at radius 3 is 3.12 bits per heavy atom. The highest BCUT2D eigenvalue weighted by atomic mass is 32.1. The van der Waals surface area contributed by atoms with Crippen LogP contribution in [0.2, 0.25) is 0 Å². The number of pyridine rings is 1. The maximum atomic E-state index is 12.9. The fourth-order valence-corrected chi connectivity index (χ4v) is 4.01. The van der Waals surface area contributed by atoms with Crippen molar-refractivity contribution in [3.05, 3.63) is 40.5 Å². The normalized spacial score (nSPS) is 26.2. The third-order valence-electron chi connectivity index (χ3n) is 4.49. The van der Waals surface area contributed by atoms with Crippen molar-refractivity contribution >= 4 is 17.2 Å². The second-order valence-electron chi connectivity index (χ2n) is 6.08. The molecule has 2 aliphatic heterocycles. The maximum Gasteiger partial charge on any atom is 0.273 e. The summed E-state index contributed by atoms with van der Waals surface area (Å²) in [6, 6.07) is 5.60. The number of likely N-dealkylation sites (tertiary alicyclic amines) is 1. The molecule has 1 amide bonds. The van der Waals surface area contributed by atoms with Crippen molar-refractivity contribution in [3.63, 3.8) is 0 Å². The van der Waals surface area contributed by atoms with E-state index >= 15 is 0 Å². The quantitative estimate of drug-likeness (QED) is 0.854. The second-order valence-corrected chi connectivity index (χ2v) is 7.14. The van der Waals surface area contributed by atoms with Gasteiger partial charge in [-0.25, -0.2) is 9.97 Å². The zero-order valence-electron chi connectivity index (χ0n) is 13.4. The van der Waals surface area contributed by atoms with Crippen LogP contribution >= 0.6 is 11.3 Å². The number of fused-ring (bicyclic) bond motifs is 1. The lowest BCUT2D eigenvalue weighted by molar-refractivity contribution is -0.0455. The van der Waals surface area contributed by atoms with Crippen molar-refractivity contribution in [1.82, 2.24) is 14.9 Å². The third kappa shape index (κ3) is 2.89. The molecule has 2 aliphatic rings. The van der Waals surface area contributed by atoms with E-state index in [-0.39, 0.29) is 24.2 Å². The minimum atomic E-state index is -0.200. The standard InChI is InChI=1S/C17H19N3O3S/c1-11-19-12(10-24-11)17(21)20-9-14(16-13(20)5-4-8-22-16)23-15-6-2-3-7-18-15/h2-3,6-7,10,13-14,16H,4-5,8-9H2,1H3/t13-,14+,16+/m1/s1. The van der Waals surface area contributed by atoms with Gasteiger partial charge >= 0.3 is 0 Å². The average molecular weight is 345 g/mol. The van der Waals surface area contributed by atoms with Gasteiger partial charge < -0.3 is 14.4 Å². The molecule has 2 aromatic heterocycles. The summed E-state index contributed by atoms with van der Waals surface area (Å²) in [4.78, 5) is 23.3. The number of hydrogen-bond acceptors (Lipinski definition) is 6. The Kier molecular flexibility index (Phi) is 4.20. The minimum Gasteiger partial charge on any atom is -0.470 e. The molecule has 0 N–H and O–H groups in total. The summed E-state index contributed by atoms with van der Waals surface area (Å²) < 4.78 is 12.0. The van der Waals surface area contributed by atoms with E-state index in [2.05, 4.69) is 9.97 Å². The van der Waals surface area contributed by atoms with Gasteiger partial charge in [0.25, 0.3) is 5.91 Å². The van der Waals surface area contributed by atoms with Crippen molar-refractivity contribution in [3.8, 4) is 5.88 Å². The van der Waals surface area contributed by atoms with Crippen molar-refractivity contribution in [1.29, 1.82) is 0 Å². The molecule has 2 aromatic rings. The SMILES string of the molecule is Cc1nc(C(=O)N2C[C@H](Oc3ccccn3)[C@H]3OCCC[C@H]32)cs1. The Bertz CT molecular complexity index is 721. The fourth-order valence-electron chi connectivity index (χ4n) is 3.43. The predicted octanol–water partition coefficient (Wildman–Crippen LogP) is 2.30. The van der Waals surface area contributed by atoms with Crippen LogP contribution in [0, 0.1) is 6.92 Å². The van der Waals surface area contributed by atoms with Gasteiger partial charge in [-0.3, -0.25) is 4.79 Å². The molecule has 0 unspecified atom stereocenters. The lowest BCUT2D eigenvalue weighted by Crippen LogP contribution is -2.44. The smallest absolute Gasteiger partial charge is 0.273 e. The van der Waals surface area contributed by atoms with Crippen molar-refractivity contribution < 1.29 is 14.3 Å². The van der Waals surface area contributed by atoms with Gasteiger partial charge in [0.2, 0.25) is 5.88 Å². The number of hydrogen-bond donors (Lipinski definition) is 0. The van der Waals surface area contributed by atoms with E-state index < -0.39 is 0 Å². The molecule has 126 valence electrons. The molecule has 4 heterocycles. The molecule has 0 bridgehead atoms. The largest absolute Gasteiger partial charge is 0.470 e. The molecule has 4 rings (SSSR count). The molecule has 7 heteroatoms. The lowest BCUT2D eigenvalue weighted by Gasteiger charge is -2.31. The first-order chi connectivity index (χ1) is 11.7. The Morgan fingerprint density at radius 2 is 2.38 bits per heavy atom. The highest BCUT2D eigenvalue weighted by Crippen LogP contribution is 2.32. The van der Waals surface area contributed by atoms with Gasteiger partial charge in [0.15, 0.2) is 0 Å². The number of ether oxygens (including phenoxy) is 2. The fraction of sp³-hybridized carbons (Fsp3) is 0.471. The Morgan fingerprint density at radius 1 is 1.46 bits per heavy atom. The van der Waals surface area contributed by atoms with Gasteiger partial charge in [0.1, 0.15) is 17.9 Å². The van der Waals surface area contributed by atoms with Crippen molar-refractivity contribution in [2.75, 3.05) is 13.2 Å². The Labute approximate surface area is 144 Å². The first-order valence-electron chi connectivity index (χ1n) is 8.15. The van der Waals surface area contributed by atoms with Gasteiger partial charge in [-0.05, 0) is 25.8 Å². The van der Waals surface area contributed by atoms with Gasteiger partial charge in [-0.2, -0.15) is 0 Å². The van der Waals surface area contributed by atoms with Crippen LogP contribution in [0.4, 0.5) is 0 Å². The van der Waals surface area contributed by atoms with Crippen LogP contribution in [-0.2, 0) is 4.74 Å². The molecule has 0 aromatic carbocycles. The van der Waals surface area contributed by atoms with Crippen LogP contribution in [0.25, 0.3) is 0 Å². The number of carbonyl (C=O) groups excluding carboxylic acids is 1. The van der Waals surface area contributed by atoms with Crippen LogP contribution in [0.15, 0.2) is 29.8 Å². The minimum absolute atomic E-state index is 0.0352. The van der Waals surface area contributed by atoms with E-state index in [0.29, 0.717) is 24.7 Å². The molecule has 0 spiro atoms. The molecule has 24 heavy (non-hydrogen) atoms. The average Bonchev–Trinajstić information content (AvgIpc) is 3.20. The molecular formula is C17H19N3O3S. The molecule has 2 saturated heterocycles. The summed E-state index contributed by atoms with van der Waals surface area (Å²) in [7, 11) is 0. The molecule has 0 aliphatic carbocycles. The van der Waals surface area contributed by atoms with Crippen LogP contribution in [-0.4, -0.2) is 52.2 Å². The summed E-state index contributed by atoms with van der Waals surface area (Å²) in [6.45, 7) is 3.12. The molecule has 0 saturated carbocycles. The number of rotatable bonds is 3. The maximum absolute atomic E-state index is 12.9. The van der Waals surface area contributed by atoms with Gasteiger partial charge in [0, 0.05) is 24.3 Å². The molecule has 3 atom stereocenters. The molecule has 0 radical (unpaired) electrons. The number of amides is 1. The Hall–Kier alpha value is -1.99. The molecule has 6 nitrogen and oxygen atoms in total. The molecular weight excluding hydrogens is 326 g/mol. The second kappa shape index (κ2) is 6.49. The summed E-state index contributed by atoms with van der Waals surface area (Å²) in [5.74, 6) is 0.529. The highest BCUT2D eigenvalue weighted by Gasteiger charge is 2.48. The summed E-state index contributed by atoms with van der Waals surface area (Å²) in [5.41, 5.74) is 0.514. The van der Waals surface area contributed by atoms with E-state index in [4.69, 9.17) is 9.47 Å². The number of nitrogens with zero attached hydrogens (tertiary/aromatic N) is 3. The lowest BCUT2D eigenvalue weighted by atomic mass is 10.0. The summed E-state index contributed by atoms with van der Waals surface area (Å²) in [5, 5.41) is 2.72. The van der Waals surface area contributed by atoms with Crippen LogP contribution in [0.5, 0.6) is 5.88 Å². The highest BCUT2D eigenvalue weighted by molar-refractivity contribution is 7.09. The zero-order chi connectivity index (χ0) is 16.5. The zero-order valence-corrected chi connectivity index (χ0v) is 14.2. The van der Waals surface area contributed by atoms with Crippen molar-refractivity contribution in [2.24, 2.45) is 0 Å².